The number of carbonyl (C=O) groups is 1. The molecule has 0 amide bonds. The molecule has 1 N–H and O–H groups in total. The number of nitrogens with one attached hydrogen (secondary N) is 1. The molecule has 0 aliphatic carbocycles. The van der Waals surface area contributed by atoms with Crippen molar-refractivity contribution in [1.29, 1.82) is 0 Å². The van der Waals surface area contributed by atoms with Gasteiger partial charge in [0.25, 0.3) is 0 Å². The van der Waals surface area contributed by atoms with Crippen LogP contribution in [0, 0.1) is 0 Å². The molecule has 2 rings (SSSR count). The van der Waals surface area contributed by atoms with Gasteiger partial charge in [0.05, 0.1) is 12.8 Å². The van der Waals surface area contributed by atoms with Crippen LogP contribution in [-0.2, 0) is 0 Å². The van der Waals surface area contributed by atoms with Crippen LogP contribution in [0.5, 0.6) is 5.75 Å². The molecule has 0 heterocycles. The predicted octanol–water partition coefficient (Wildman–Crippen LogP) is 3.37. The van der Waals surface area contributed by atoms with Gasteiger partial charge in [-0.1, -0.05) is 30.3 Å². The number of ether oxygens (including phenoxy) is 1. The molecule has 0 aromatic heterocycles. The summed E-state index contributed by atoms with van der Waals surface area (Å²) in [6.45, 7) is 1.69. The van der Waals surface area contributed by atoms with E-state index in [4.69, 9.17) is 4.74 Å². The molecule has 0 radical (unpaired) electrons. The second-order valence-corrected chi connectivity index (χ2v) is 4.23. The molecule has 4 heteroatoms. The number of hydrazone groups is 1. The number of nitrogens with zero attached hydrogens (tertiary/aromatic N) is 1. The maximum absolute atomic E-state index is 12.1. The number of carbonyl (C=O) groups excluding carboxylic acids is 1. The van der Waals surface area contributed by atoms with Gasteiger partial charge in [0.2, 0.25) is 5.78 Å². The largest absolute Gasteiger partial charge is 0.497 e. The minimum Gasteiger partial charge on any atom is -0.497 e. The van der Waals surface area contributed by atoms with Crippen molar-refractivity contribution in [3.8, 4) is 5.75 Å². The lowest BCUT2D eigenvalue weighted by Crippen LogP contribution is -2.12. The lowest BCUT2D eigenvalue weighted by Gasteiger charge is -2.04. The van der Waals surface area contributed by atoms with E-state index in [2.05, 4.69) is 10.5 Å². The quantitative estimate of drug-likeness (QED) is 0.514. The molecule has 0 fully saturated rings. The van der Waals surface area contributed by atoms with Crippen molar-refractivity contribution in [3.05, 3.63) is 60.2 Å². The molecule has 0 spiro atoms. The molecule has 102 valence electrons. The van der Waals surface area contributed by atoms with Gasteiger partial charge in [0.15, 0.2) is 0 Å². The number of Topliss-reactive ketones (excluding diaryl/α,β-unsaturated/α-hetero) is 1. The Bertz CT molecular complexity index is 604. The van der Waals surface area contributed by atoms with Crippen molar-refractivity contribution in [2.24, 2.45) is 5.10 Å². The van der Waals surface area contributed by atoms with Crippen LogP contribution >= 0.6 is 0 Å². The Morgan fingerprint density at radius 3 is 2.30 bits per heavy atom. The van der Waals surface area contributed by atoms with E-state index in [1.54, 1.807) is 26.2 Å². The summed E-state index contributed by atoms with van der Waals surface area (Å²) in [6.07, 6.45) is 0. The smallest absolute Gasteiger partial charge is 0.208 e. The van der Waals surface area contributed by atoms with Crippen LogP contribution in [0.1, 0.15) is 17.3 Å². The molecular formula is C16H16N2O2. The first-order valence-corrected chi connectivity index (χ1v) is 6.25. The van der Waals surface area contributed by atoms with Crippen LogP contribution < -0.4 is 10.2 Å². The number of ketones is 1. The number of hydrogen-bond donors (Lipinski definition) is 1. The Labute approximate surface area is 118 Å². The normalized spacial score (nSPS) is 11.0. The average Bonchev–Trinajstić information content (AvgIpc) is 2.53. The monoisotopic (exact) mass is 268 g/mol. The molecule has 0 saturated carbocycles. The number of rotatable bonds is 5. The number of anilines is 1. The number of methoxy groups -OCH3 is 1. The summed E-state index contributed by atoms with van der Waals surface area (Å²) < 4.78 is 5.07. The fourth-order valence-electron chi connectivity index (χ4n) is 1.66. The number of benzene rings is 2. The fraction of sp³-hybridized carbons (Fsp3) is 0.125. The molecule has 0 saturated heterocycles. The van der Waals surface area contributed by atoms with Gasteiger partial charge in [0, 0.05) is 5.56 Å². The van der Waals surface area contributed by atoms with E-state index in [-0.39, 0.29) is 5.78 Å². The molecule has 2 aromatic rings. The van der Waals surface area contributed by atoms with E-state index >= 15 is 0 Å². The molecule has 2 aromatic carbocycles. The number of hydrogen-bond acceptors (Lipinski definition) is 4. The molecule has 20 heavy (non-hydrogen) atoms. The SMILES string of the molecule is COc1ccc(NN=C(C)C(=O)c2ccccc2)cc1. The van der Waals surface area contributed by atoms with Crippen molar-refractivity contribution in [1.82, 2.24) is 0 Å². The zero-order valence-electron chi connectivity index (χ0n) is 11.5. The maximum Gasteiger partial charge on any atom is 0.208 e. The minimum atomic E-state index is -0.0911. The average molecular weight is 268 g/mol. The van der Waals surface area contributed by atoms with Crippen LogP contribution in [0.2, 0.25) is 0 Å². The summed E-state index contributed by atoms with van der Waals surface area (Å²) in [5, 5.41) is 4.10. The molecule has 0 unspecified atom stereocenters. The first-order chi connectivity index (χ1) is 9.70. The van der Waals surface area contributed by atoms with Gasteiger partial charge in [-0.15, -0.1) is 0 Å². The van der Waals surface area contributed by atoms with E-state index in [9.17, 15) is 4.79 Å². The lowest BCUT2D eigenvalue weighted by atomic mass is 10.1. The minimum absolute atomic E-state index is 0.0911. The van der Waals surface area contributed by atoms with Crippen molar-refractivity contribution < 1.29 is 9.53 Å². The Hall–Kier alpha value is -2.62. The Kier molecular flexibility index (Phi) is 4.50. The van der Waals surface area contributed by atoms with Crippen molar-refractivity contribution in [2.45, 2.75) is 6.92 Å². The van der Waals surface area contributed by atoms with Gasteiger partial charge in [-0.05, 0) is 31.2 Å². The van der Waals surface area contributed by atoms with E-state index in [1.165, 1.54) is 0 Å². The molecular weight excluding hydrogens is 252 g/mol. The summed E-state index contributed by atoms with van der Waals surface area (Å²) in [4.78, 5) is 12.1. The standard InChI is InChI=1S/C16H16N2O2/c1-12(16(19)13-6-4-3-5-7-13)17-18-14-8-10-15(20-2)11-9-14/h3-11,18H,1-2H3. The first-order valence-electron chi connectivity index (χ1n) is 6.25. The van der Waals surface area contributed by atoms with Crippen LogP contribution in [0.25, 0.3) is 0 Å². The Morgan fingerprint density at radius 2 is 1.70 bits per heavy atom. The van der Waals surface area contributed by atoms with Gasteiger partial charge < -0.3 is 4.74 Å². The van der Waals surface area contributed by atoms with E-state index < -0.39 is 0 Å². The summed E-state index contributed by atoms with van der Waals surface area (Å²) in [5.74, 6) is 0.684. The second kappa shape index (κ2) is 6.52. The molecule has 0 aliphatic rings. The maximum atomic E-state index is 12.1. The van der Waals surface area contributed by atoms with Gasteiger partial charge >= 0.3 is 0 Å². The van der Waals surface area contributed by atoms with Gasteiger partial charge in [-0.2, -0.15) is 5.10 Å². The highest BCUT2D eigenvalue weighted by atomic mass is 16.5. The molecule has 4 nitrogen and oxygen atoms in total. The highest BCUT2D eigenvalue weighted by Crippen LogP contribution is 2.15. The van der Waals surface area contributed by atoms with Crippen molar-refractivity contribution >= 4 is 17.2 Å². The van der Waals surface area contributed by atoms with Crippen LogP contribution in [0.15, 0.2) is 59.7 Å². The van der Waals surface area contributed by atoms with Crippen LogP contribution in [-0.4, -0.2) is 18.6 Å². The Morgan fingerprint density at radius 1 is 1.05 bits per heavy atom. The summed E-state index contributed by atoms with van der Waals surface area (Å²) in [7, 11) is 1.61. The van der Waals surface area contributed by atoms with Gasteiger partial charge in [0.1, 0.15) is 11.5 Å². The summed E-state index contributed by atoms with van der Waals surface area (Å²) in [6, 6.07) is 16.4. The van der Waals surface area contributed by atoms with Crippen molar-refractivity contribution in [2.75, 3.05) is 12.5 Å². The van der Waals surface area contributed by atoms with Crippen LogP contribution in [0.4, 0.5) is 5.69 Å². The molecule has 0 atom stereocenters. The van der Waals surface area contributed by atoms with E-state index in [1.807, 2.05) is 42.5 Å². The zero-order valence-corrected chi connectivity index (χ0v) is 11.5. The third-order valence-corrected chi connectivity index (χ3v) is 2.81. The van der Waals surface area contributed by atoms with E-state index in [0.717, 1.165) is 11.4 Å². The molecule has 0 aliphatic heterocycles. The third kappa shape index (κ3) is 3.45. The van der Waals surface area contributed by atoms with Gasteiger partial charge in [-0.25, -0.2) is 0 Å². The Balaban J connectivity index is 2.05. The summed E-state index contributed by atoms with van der Waals surface area (Å²) in [5.41, 5.74) is 4.69. The second-order valence-electron chi connectivity index (χ2n) is 4.23. The van der Waals surface area contributed by atoms with E-state index in [0.29, 0.717) is 11.3 Å². The highest BCUT2D eigenvalue weighted by molar-refractivity contribution is 6.45. The highest BCUT2D eigenvalue weighted by Gasteiger charge is 2.08. The van der Waals surface area contributed by atoms with Crippen LogP contribution in [0.3, 0.4) is 0 Å². The lowest BCUT2D eigenvalue weighted by molar-refractivity contribution is 0.106. The fourth-order valence-corrected chi connectivity index (χ4v) is 1.66. The third-order valence-electron chi connectivity index (χ3n) is 2.81. The summed E-state index contributed by atoms with van der Waals surface area (Å²) >= 11 is 0. The predicted molar refractivity (Wildman–Crippen MR) is 80.5 cm³/mol. The van der Waals surface area contributed by atoms with Gasteiger partial charge in [-0.3, -0.25) is 10.2 Å². The zero-order chi connectivity index (χ0) is 14.4. The topological polar surface area (TPSA) is 50.7 Å². The molecule has 0 bridgehead atoms. The van der Waals surface area contributed by atoms with Crippen molar-refractivity contribution in [3.63, 3.8) is 0 Å². The first kappa shape index (κ1) is 13.8.